The molecule has 0 aromatic rings. The highest BCUT2D eigenvalue weighted by Gasteiger charge is 2.15. The molecule has 0 aliphatic heterocycles. The Morgan fingerprint density at radius 3 is 1.50 bits per heavy atom. The summed E-state index contributed by atoms with van der Waals surface area (Å²) in [6.07, 6.45) is -1.12. The number of hydrogen-bond donors (Lipinski definition) is 0. The van der Waals surface area contributed by atoms with Gasteiger partial charge in [0.05, 0.1) is 0 Å². The largest absolute Gasteiger partial charge is 0.357 e. The van der Waals surface area contributed by atoms with E-state index in [1.807, 2.05) is 0 Å². The molecule has 0 aliphatic rings. The summed E-state index contributed by atoms with van der Waals surface area (Å²) < 4.78 is 0. The summed E-state index contributed by atoms with van der Waals surface area (Å²) in [5, 5.41) is 4.33. The molecular weight excluding hydrogens is 140 g/mol. The lowest BCUT2D eigenvalue weighted by Crippen LogP contribution is -2.22. The lowest BCUT2D eigenvalue weighted by molar-refractivity contribution is -0.0568. The second-order valence-electron chi connectivity index (χ2n) is 1.77. The predicted molar refractivity (Wildman–Crippen MR) is 32.7 cm³/mol. The van der Waals surface area contributed by atoms with Gasteiger partial charge in [-0.25, -0.2) is 0 Å². The van der Waals surface area contributed by atoms with E-state index in [0.29, 0.717) is 0 Å². The molecule has 0 aromatic carbocycles. The standard InChI is InChI=1S/C4H8N2O4/c1-3(9-5-7)4(2)10-6-8/h3-4H,1-2H3. The minimum Gasteiger partial charge on any atom is -0.357 e. The maximum Gasteiger partial charge on any atom is 0.167 e. The van der Waals surface area contributed by atoms with Crippen LogP contribution in [-0.2, 0) is 9.68 Å². The quantitative estimate of drug-likeness (QED) is 0.433. The van der Waals surface area contributed by atoms with Crippen molar-refractivity contribution in [3.8, 4) is 0 Å². The Bertz CT molecular complexity index is 104. The molecule has 0 saturated heterocycles. The smallest absolute Gasteiger partial charge is 0.167 e. The van der Waals surface area contributed by atoms with Gasteiger partial charge in [-0.3, -0.25) is 0 Å². The van der Waals surface area contributed by atoms with Crippen molar-refractivity contribution in [3.05, 3.63) is 9.81 Å². The minimum atomic E-state index is -0.560. The lowest BCUT2D eigenvalue weighted by atomic mass is 10.3. The van der Waals surface area contributed by atoms with Crippen LogP contribution >= 0.6 is 0 Å². The highest BCUT2D eigenvalue weighted by Crippen LogP contribution is 2.02. The summed E-state index contributed by atoms with van der Waals surface area (Å²) in [6.45, 7) is 3.08. The van der Waals surface area contributed by atoms with Crippen molar-refractivity contribution in [3.63, 3.8) is 0 Å². The second-order valence-corrected chi connectivity index (χ2v) is 1.77. The average molecular weight is 148 g/mol. The van der Waals surface area contributed by atoms with E-state index in [0.717, 1.165) is 0 Å². The Labute approximate surface area is 57.4 Å². The summed E-state index contributed by atoms with van der Waals surface area (Å²) in [4.78, 5) is 27.4. The summed E-state index contributed by atoms with van der Waals surface area (Å²) in [5.41, 5.74) is 0. The summed E-state index contributed by atoms with van der Waals surface area (Å²) in [6, 6.07) is 0. The predicted octanol–water partition coefficient (Wildman–Crippen LogP) is 1.16. The summed E-state index contributed by atoms with van der Waals surface area (Å²) in [5.74, 6) is 0. The molecule has 2 unspecified atom stereocenters. The van der Waals surface area contributed by atoms with Crippen LogP contribution in [0, 0.1) is 9.81 Å². The molecule has 58 valence electrons. The van der Waals surface area contributed by atoms with Crippen molar-refractivity contribution in [2.24, 2.45) is 10.7 Å². The maximum atomic E-state index is 9.49. The molecular formula is C4H8N2O4. The maximum absolute atomic E-state index is 9.49. The number of hydrogen-bond acceptors (Lipinski definition) is 6. The van der Waals surface area contributed by atoms with Gasteiger partial charge in [-0.15, -0.1) is 9.81 Å². The van der Waals surface area contributed by atoms with Gasteiger partial charge in [0, 0.05) is 0 Å². The Kier molecular flexibility index (Phi) is 4.10. The van der Waals surface area contributed by atoms with Crippen LogP contribution in [0.3, 0.4) is 0 Å². The van der Waals surface area contributed by atoms with Gasteiger partial charge in [-0.05, 0) is 13.8 Å². The van der Waals surface area contributed by atoms with Crippen LogP contribution in [0.4, 0.5) is 0 Å². The summed E-state index contributed by atoms with van der Waals surface area (Å²) in [7, 11) is 0. The van der Waals surface area contributed by atoms with Crippen molar-refractivity contribution in [1.29, 1.82) is 0 Å². The number of nitrogens with zero attached hydrogens (tertiary/aromatic N) is 2. The van der Waals surface area contributed by atoms with Gasteiger partial charge >= 0.3 is 0 Å². The number of rotatable bonds is 5. The Morgan fingerprint density at radius 2 is 1.30 bits per heavy atom. The van der Waals surface area contributed by atoms with Crippen molar-refractivity contribution >= 4 is 0 Å². The molecule has 0 aliphatic carbocycles. The van der Waals surface area contributed by atoms with E-state index in [9.17, 15) is 9.81 Å². The normalized spacial score (nSPS) is 15.0. The van der Waals surface area contributed by atoms with Gasteiger partial charge < -0.3 is 9.68 Å². The van der Waals surface area contributed by atoms with Gasteiger partial charge in [0.25, 0.3) is 0 Å². The first-order chi connectivity index (χ1) is 4.72. The molecule has 0 bridgehead atoms. The highest BCUT2D eigenvalue weighted by molar-refractivity contribution is 4.57. The zero-order chi connectivity index (χ0) is 7.98. The fraction of sp³-hybridized carbons (Fsp3) is 1.00. The molecule has 0 rings (SSSR count). The molecule has 6 heteroatoms. The van der Waals surface area contributed by atoms with Gasteiger partial charge in [-0.1, -0.05) is 0 Å². The van der Waals surface area contributed by atoms with E-state index >= 15 is 0 Å². The van der Waals surface area contributed by atoms with Crippen molar-refractivity contribution in [1.82, 2.24) is 0 Å². The first kappa shape index (κ1) is 8.80. The molecule has 0 spiro atoms. The lowest BCUT2D eigenvalue weighted by Gasteiger charge is -2.11. The van der Waals surface area contributed by atoms with Crippen LogP contribution in [0.5, 0.6) is 0 Å². The molecule has 0 saturated carbocycles. The first-order valence-corrected chi connectivity index (χ1v) is 2.69. The molecule has 0 aromatic heterocycles. The zero-order valence-corrected chi connectivity index (χ0v) is 5.68. The van der Waals surface area contributed by atoms with Crippen molar-refractivity contribution in [2.75, 3.05) is 0 Å². The third-order valence-corrected chi connectivity index (χ3v) is 1.08. The third-order valence-electron chi connectivity index (χ3n) is 1.08. The molecule has 0 radical (unpaired) electrons. The topological polar surface area (TPSA) is 77.3 Å². The molecule has 0 N–H and O–H groups in total. The van der Waals surface area contributed by atoms with Crippen LogP contribution < -0.4 is 0 Å². The van der Waals surface area contributed by atoms with Gasteiger partial charge in [0.2, 0.25) is 0 Å². The second kappa shape index (κ2) is 4.66. The van der Waals surface area contributed by atoms with E-state index in [2.05, 4.69) is 20.4 Å². The Morgan fingerprint density at radius 1 is 1.00 bits per heavy atom. The molecule has 6 nitrogen and oxygen atoms in total. The Balaban J connectivity index is 3.56. The van der Waals surface area contributed by atoms with Crippen LogP contribution in [-0.4, -0.2) is 12.2 Å². The fourth-order valence-electron chi connectivity index (χ4n) is 0.307. The van der Waals surface area contributed by atoms with Crippen LogP contribution in [0.1, 0.15) is 13.8 Å². The van der Waals surface area contributed by atoms with E-state index in [4.69, 9.17) is 0 Å². The minimum absolute atomic E-state index is 0.560. The molecule has 0 amide bonds. The van der Waals surface area contributed by atoms with Crippen LogP contribution in [0.2, 0.25) is 0 Å². The van der Waals surface area contributed by atoms with Gasteiger partial charge in [-0.2, -0.15) is 0 Å². The van der Waals surface area contributed by atoms with Gasteiger partial charge in [0.1, 0.15) is 0 Å². The van der Waals surface area contributed by atoms with Gasteiger partial charge in [0.15, 0.2) is 22.9 Å². The zero-order valence-electron chi connectivity index (χ0n) is 5.68. The van der Waals surface area contributed by atoms with Crippen molar-refractivity contribution < 1.29 is 9.68 Å². The summed E-state index contributed by atoms with van der Waals surface area (Å²) >= 11 is 0. The highest BCUT2D eigenvalue weighted by atomic mass is 16.8. The van der Waals surface area contributed by atoms with E-state index in [1.165, 1.54) is 13.8 Å². The van der Waals surface area contributed by atoms with E-state index in [1.54, 1.807) is 0 Å². The average Bonchev–Trinajstić information content (AvgIpc) is 1.89. The van der Waals surface area contributed by atoms with E-state index < -0.39 is 12.2 Å². The molecule has 0 fully saturated rings. The van der Waals surface area contributed by atoms with E-state index in [-0.39, 0.29) is 0 Å². The monoisotopic (exact) mass is 148 g/mol. The first-order valence-electron chi connectivity index (χ1n) is 2.69. The van der Waals surface area contributed by atoms with Crippen molar-refractivity contribution in [2.45, 2.75) is 26.1 Å². The third kappa shape index (κ3) is 2.95. The molecule has 0 heterocycles. The van der Waals surface area contributed by atoms with Crippen LogP contribution in [0.15, 0.2) is 10.7 Å². The SMILES string of the molecule is CC(ON=O)C(C)ON=O. The molecule has 10 heavy (non-hydrogen) atoms. The fourth-order valence-corrected chi connectivity index (χ4v) is 0.307. The van der Waals surface area contributed by atoms with Crippen LogP contribution in [0.25, 0.3) is 0 Å². The molecule has 2 atom stereocenters. The Hall–Kier alpha value is -1.20.